The Bertz CT molecular complexity index is 1290. The predicted octanol–water partition coefficient (Wildman–Crippen LogP) is 5.51. The number of carbonyl (C=O) groups excluding carboxylic acids is 2. The molecular weight excluding hydrogens is 426 g/mol. The number of esters is 1. The Morgan fingerprint density at radius 3 is 2.18 bits per heavy atom. The highest BCUT2D eigenvalue weighted by Gasteiger charge is 2.15. The lowest BCUT2D eigenvalue weighted by Crippen LogP contribution is -2.12. The van der Waals surface area contributed by atoms with Gasteiger partial charge in [0.25, 0.3) is 5.91 Å². The zero-order valence-corrected chi connectivity index (χ0v) is 19.5. The van der Waals surface area contributed by atoms with Crippen LogP contribution in [0.4, 0.5) is 5.69 Å². The van der Waals surface area contributed by atoms with E-state index in [2.05, 4.69) is 22.5 Å². The predicted molar refractivity (Wildman–Crippen MR) is 133 cm³/mol. The van der Waals surface area contributed by atoms with Gasteiger partial charge < -0.3 is 10.1 Å². The number of nitrogens with one attached hydrogen (secondary N) is 1. The lowest BCUT2D eigenvalue weighted by Gasteiger charge is -2.09. The molecule has 3 aromatic carbocycles. The maximum Gasteiger partial charge on any atom is 0.305 e. The molecule has 1 amide bonds. The third-order valence-electron chi connectivity index (χ3n) is 5.87. The van der Waals surface area contributed by atoms with Gasteiger partial charge in [-0.3, -0.25) is 9.59 Å². The van der Waals surface area contributed by atoms with Crippen LogP contribution in [-0.2, 0) is 16.0 Å². The summed E-state index contributed by atoms with van der Waals surface area (Å²) in [6.07, 6.45) is 0.892. The van der Waals surface area contributed by atoms with Gasteiger partial charge in [0.05, 0.1) is 18.5 Å². The standard InChI is InChI=1S/C28H27N3O3/c1-19-26(17-18-27(32)34-3)20(2)31(30-19)25-15-11-23(12-16-25)28(33)29-24-13-9-22(10-14-24)21-7-5-4-6-8-21/h4-16H,17-18H2,1-3H3,(H,29,33). The first kappa shape index (κ1) is 23.0. The normalized spacial score (nSPS) is 10.7. The Labute approximate surface area is 199 Å². The maximum absolute atomic E-state index is 12.7. The molecule has 0 fully saturated rings. The number of ether oxygens (including phenoxy) is 1. The molecule has 1 heterocycles. The number of benzene rings is 3. The second-order valence-electron chi connectivity index (χ2n) is 8.08. The molecule has 4 rings (SSSR count). The average molecular weight is 454 g/mol. The smallest absolute Gasteiger partial charge is 0.305 e. The minimum absolute atomic E-state index is 0.175. The van der Waals surface area contributed by atoms with Crippen LogP contribution in [0.25, 0.3) is 16.8 Å². The Hall–Kier alpha value is -4.19. The summed E-state index contributed by atoms with van der Waals surface area (Å²) in [4.78, 5) is 24.3. The quantitative estimate of drug-likeness (QED) is 0.374. The Morgan fingerprint density at radius 1 is 0.882 bits per heavy atom. The van der Waals surface area contributed by atoms with Gasteiger partial charge in [-0.25, -0.2) is 4.68 Å². The first-order chi connectivity index (χ1) is 16.5. The number of hydrogen-bond acceptors (Lipinski definition) is 4. The van der Waals surface area contributed by atoms with Gasteiger partial charge in [0.2, 0.25) is 0 Å². The van der Waals surface area contributed by atoms with E-state index < -0.39 is 0 Å². The molecule has 4 aromatic rings. The number of rotatable bonds is 7. The molecule has 6 heteroatoms. The van der Waals surface area contributed by atoms with Crippen molar-refractivity contribution >= 4 is 17.6 Å². The van der Waals surface area contributed by atoms with E-state index in [1.807, 2.05) is 73.1 Å². The zero-order valence-electron chi connectivity index (χ0n) is 19.5. The van der Waals surface area contributed by atoms with Crippen molar-refractivity contribution in [1.82, 2.24) is 9.78 Å². The largest absolute Gasteiger partial charge is 0.469 e. The summed E-state index contributed by atoms with van der Waals surface area (Å²) in [6, 6.07) is 25.2. The molecule has 0 aliphatic carbocycles. The molecular formula is C28H27N3O3. The highest BCUT2D eigenvalue weighted by molar-refractivity contribution is 6.04. The first-order valence-corrected chi connectivity index (χ1v) is 11.2. The Balaban J connectivity index is 1.44. The average Bonchev–Trinajstić information content (AvgIpc) is 3.16. The molecule has 0 atom stereocenters. The minimum Gasteiger partial charge on any atom is -0.469 e. The van der Waals surface area contributed by atoms with Crippen molar-refractivity contribution in [2.45, 2.75) is 26.7 Å². The summed E-state index contributed by atoms with van der Waals surface area (Å²) in [5.41, 5.74) is 7.26. The molecule has 6 nitrogen and oxygen atoms in total. The number of hydrogen-bond donors (Lipinski definition) is 1. The van der Waals surface area contributed by atoms with Gasteiger partial charge >= 0.3 is 5.97 Å². The van der Waals surface area contributed by atoms with Gasteiger partial charge in [-0.2, -0.15) is 5.10 Å². The second kappa shape index (κ2) is 10.2. The van der Waals surface area contributed by atoms with Gasteiger partial charge in [0.15, 0.2) is 0 Å². The fourth-order valence-electron chi connectivity index (χ4n) is 3.95. The van der Waals surface area contributed by atoms with Crippen LogP contribution in [0.3, 0.4) is 0 Å². The van der Waals surface area contributed by atoms with Crippen molar-refractivity contribution in [2.24, 2.45) is 0 Å². The van der Waals surface area contributed by atoms with Gasteiger partial charge in [-0.1, -0.05) is 42.5 Å². The molecule has 0 saturated heterocycles. The first-order valence-electron chi connectivity index (χ1n) is 11.2. The monoisotopic (exact) mass is 453 g/mol. The van der Waals surface area contributed by atoms with Gasteiger partial charge in [-0.15, -0.1) is 0 Å². The van der Waals surface area contributed by atoms with Crippen LogP contribution in [0.2, 0.25) is 0 Å². The van der Waals surface area contributed by atoms with Gasteiger partial charge in [0, 0.05) is 23.4 Å². The third kappa shape index (κ3) is 5.07. The minimum atomic E-state index is -0.239. The summed E-state index contributed by atoms with van der Waals surface area (Å²) in [5.74, 6) is -0.414. The Kier molecular flexibility index (Phi) is 6.87. The topological polar surface area (TPSA) is 73.2 Å². The van der Waals surface area contributed by atoms with E-state index in [1.54, 1.807) is 12.1 Å². The lowest BCUT2D eigenvalue weighted by atomic mass is 10.1. The van der Waals surface area contributed by atoms with E-state index in [1.165, 1.54) is 7.11 Å². The van der Waals surface area contributed by atoms with E-state index in [4.69, 9.17) is 4.74 Å². The maximum atomic E-state index is 12.7. The van der Waals surface area contributed by atoms with Crippen LogP contribution < -0.4 is 5.32 Å². The number of carbonyl (C=O) groups is 2. The van der Waals surface area contributed by atoms with Crippen molar-refractivity contribution in [1.29, 1.82) is 0 Å². The summed E-state index contributed by atoms with van der Waals surface area (Å²) < 4.78 is 6.58. The molecule has 1 aromatic heterocycles. The van der Waals surface area contributed by atoms with E-state index in [0.29, 0.717) is 18.4 Å². The molecule has 0 aliphatic heterocycles. The van der Waals surface area contributed by atoms with Crippen LogP contribution in [0.1, 0.15) is 33.7 Å². The van der Waals surface area contributed by atoms with E-state index in [0.717, 1.165) is 39.5 Å². The molecule has 34 heavy (non-hydrogen) atoms. The number of nitrogens with zero attached hydrogens (tertiary/aromatic N) is 2. The molecule has 0 aliphatic rings. The molecule has 0 bridgehead atoms. The molecule has 0 unspecified atom stereocenters. The number of aryl methyl sites for hydroxylation is 1. The SMILES string of the molecule is COC(=O)CCc1c(C)nn(-c2ccc(C(=O)Nc3ccc(-c4ccccc4)cc3)cc2)c1C. The fourth-order valence-corrected chi connectivity index (χ4v) is 3.95. The zero-order chi connectivity index (χ0) is 24.1. The van der Waals surface area contributed by atoms with Crippen molar-refractivity contribution in [3.05, 3.63) is 101 Å². The lowest BCUT2D eigenvalue weighted by molar-refractivity contribution is -0.140. The number of anilines is 1. The van der Waals surface area contributed by atoms with Crippen LogP contribution in [0, 0.1) is 13.8 Å². The number of methoxy groups -OCH3 is 1. The van der Waals surface area contributed by atoms with E-state index in [-0.39, 0.29) is 11.9 Å². The third-order valence-corrected chi connectivity index (χ3v) is 5.87. The van der Waals surface area contributed by atoms with Crippen molar-refractivity contribution < 1.29 is 14.3 Å². The summed E-state index contributed by atoms with van der Waals surface area (Å²) >= 11 is 0. The molecule has 0 saturated carbocycles. The van der Waals surface area contributed by atoms with Crippen molar-refractivity contribution in [3.8, 4) is 16.8 Å². The second-order valence-corrected chi connectivity index (χ2v) is 8.08. The number of amides is 1. The van der Waals surface area contributed by atoms with Crippen LogP contribution in [0.5, 0.6) is 0 Å². The van der Waals surface area contributed by atoms with Crippen molar-refractivity contribution in [2.75, 3.05) is 12.4 Å². The van der Waals surface area contributed by atoms with Gasteiger partial charge in [-0.05, 0) is 73.4 Å². The highest BCUT2D eigenvalue weighted by atomic mass is 16.5. The summed E-state index contributed by atoms with van der Waals surface area (Å²) in [6.45, 7) is 3.91. The molecule has 0 spiro atoms. The number of aromatic nitrogens is 2. The van der Waals surface area contributed by atoms with Gasteiger partial charge in [0.1, 0.15) is 0 Å². The van der Waals surface area contributed by atoms with E-state index in [9.17, 15) is 9.59 Å². The van der Waals surface area contributed by atoms with E-state index >= 15 is 0 Å². The van der Waals surface area contributed by atoms with Crippen LogP contribution in [-0.4, -0.2) is 28.8 Å². The van der Waals surface area contributed by atoms with Crippen LogP contribution >= 0.6 is 0 Å². The summed E-state index contributed by atoms with van der Waals surface area (Å²) in [7, 11) is 1.39. The fraction of sp³-hybridized carbons (Fsp3) is 0.179. The summed E-state index contributed by atoms with van der Waals surface area (Å²) in [5, 5.41) is 7.57. The van der Waals surface area contributed by atoms with Crippen molar-refractivity contribution in [3.63, 3.8) is 0 Å². The molecule has 172 valence electrons. The Morgan fingerprint density at radius 2 is 1.53 bits per heavy atom. The highest BCUT2D eigenvalue weighted by Crippen LogP contribution is 2.22. The molecule has 0 radical (unpaired) electrons. The van der Waals surface area contributed by atoms with Crippen LogP contribution in [0.15, 0.2) is 78.9 Å². The molecule has 1 N–H and O–H groups in total.